The van der Waals surface area contributed by atoms with Gasteiger partial charge in [0.15, 0.2) is 11.5 Å². The number of ether oxygens (including phenoxy) is 3. The molecule has 1 unspecified atom stereocenters. The molecule has 1 amide bonds. The summed E-state index contributed by atoms with van der Waals surface area (Å²) in [6.07, 6.45) is 1.19. The summed E-state index contributed by atoms with van der Waals surface area (Å²) in [7, 11) is 3.67. The van der Waals surface area contributed by atoms with Crippen molar-refractivity contribution in [3.8, 4) is 17.2 Å². The molecular weight excluding hydrogens is 424 g/mol. The van der Waals surface area contributed by atoms with Crippen molar-refractivity contribution >= 4 is 21.8 Å². The van der Waals surface area contributed by atoms with Gasteiger partial charge in [0.05, 0.1) is 11.6 Å². The van der Waals surface area contributed by atoms with Crippen LogP contribution in [0.4, 0.5) is 0 Å². The second kappa shape index (κ2) is 8.01. The summed E-state index contributed by atoms with van der Waals surface area (Å²) in [6.45, 7) is 1.54. The van der Waals surface area contributed by atoms with E-state index in [4.69, 9.17) is 14.2 Å². The SMILES string of the molecule is COc1c2c(c(Br)c3c1C(CC(=O)NCc1ccccc1)N(C)CC3)OCO2. The van der Waals surface area contributed by atoms with Crippen molar-refractivity contribution in [2.24, 2.45) is 0 Å². The summed E-state index contributed by atoms with van der Waals surface area (Å²) in [4.78, 5) is 14.9. The van der Waals surface area contributed by atoms with Crippen LogP contribution in [-0.4, -0.2) is 38.3 Å². The Bertz CT molecular complexity index is 888. The molecule has 2 aliphatic heterocycles. The molecule has 4 rings (SSSR count). The Morgan fingerprint density at radius 1 is 1.29 bits per heavy atom. The Kier molecular flexibility index (Phi) is 5.46. The van der Waals surface area contributed by atoms with Crippen LogP contribution < -0.4 is 19.5 Å². The average Bonchev–Trinajstić information content (AvgIpc) is 3.20. The lowest BCUT2D eigenvalue weighted by atomic mass is 9.89. The van der Waals surface area contributed by atoms with E-state index < -0.39 is 0 Å². The smallest absolute Gasteiger partial charge is 0.231 e. The molecule has 0 saturated carbocycles. The van der Waals surface area contributed by atoms with E-state index >= 15 is 0 Å². The van der Waals surface area contributed by atoms with Crippen molar-refractivity contribution in [3.63, 3.8) is 0 Å². The quantitative estimate of drug-likeness (QED) is 0.762. The maximum absolute atomic E-state index is 12.7. The van der Waals surface area contributed by atoms with E-state index in [1.165, 1.54) is 0 Å². The number of methoxy groups -OCH3 is 1. The number of carbonyl (C=O) groups is 1. The van der Waals surface area contributed by atoms with E-state index in [-0.39, 0.29) is 18.7 Å². The zero-order chi connectivity index (χ0) is 19.7. The summed E-state index contributed by atoms with van der Waals surface area (Å²) in [5.41, 5.74) is 3.21. The van der Waals surface area contributed by atoms with Crippen LogP contribution in [-0.2, 0) is 17.8 Å². The van der Waals surface area contributed by atoms with E-state index in [9.17, 15) is 4.79 Å². The number of likely N-dealkylation sites (N-methyl/N-ethyl adjacent to an activating group) is 1. The standard InChI is InChI=1S/C21H23BrN2O4/c1-24-9-8-14-17(19(26-2)21-20(18(14)22)27-12-28-21)15(24)10-16(25)23-11-13-6-4-3-5-7-13/h3-7,15H,8-12H2,1-2H3,(H,23,25). The number of nitrogens with one attached hydrogen (secondary N) is 1. The zero-order valence-corrected chi connectivity index (χ0v) is 17.5. The van der Waals surface area contributed by atoms with Gasteiger partial charge < -0.3 is 19.5 Å². The van der Waals surface area contributed by atoms with Crippen molar-refractivity contribution in [1.82, 2.24) is 10.2 Å². The predicted molar refractivity (Wildman–Crippen MR) is 109 cm³/mol. The number of hydrogen-bond donors (Lipinski definition) is 1. The third-order valence-corrected chi connectivity index (χ3v) is 6.19. The molecule has 1 atom stereocenters. The van der Waals surface area contributed by atoms with Crippen molar-refractivity contribution < 1.29 is 19.0 Å². The van der Waals surface area contributed by atoms with Gasteiger partial charge in [-0.3, -0.25) is 9.69 Å². The van der Waals surface area contributed by atoms with Gasteiger partial charge in [-0.1, -0.05) is 30.3 Å². The highest BCUT2D eigenvalue weighted by Crippen LogP contribution is 2.54. The number of amides is 1. The molecule has 2 aromatic rings. The summed E-state index contributed by atoms with van der Waals surface area (Å²) in [5, 5.41) is 3.03. The summed E-state index contributed by atoms with van der Waals surface area (Å²) >= 11 is 3.68. The van der Waals surface area contributed by atoms with Crippen LogP contribution in [0.25, 0.3) is 0 Å². The summed E-state index contributed by atoms with van der Waals surface area (Å²) < 4.78 is 17.9. The molecule has 2 aromatic carbocycles. The van der Waals surface area contributed by atoms with E-state index in [0.717, 1.165) is 34.1 Å². The van der Waals surface area contributed by atoms with Crippen LogP contribution in [0, 0.1) is 0 Å². The topological polar surface area (TPSA) is 60.0 Å². The summed E-state index contributed by atoms with van der Waals surface area (Å²) in [5.74, 6) is 1.97. The van der Waals surface area contributed by atoms with Crippen LogP contribution in [0.2, 0.25) is 0 Å². The minimum absolute atomic E-state index is 0.00407. The largest absolute Gasteiger partial charge is 0.492 e. The molecule has 1 N–H and O–H groups in total. The molecule has 6 nitrogen and oxygen atoms in total. The van der Waals surface area contributed by atoms with Crippen molar-refractivity contribution in [1.29, 1.82) is 0 Å². The maximum Gasteiger partial charge on any atom is 0.231 e. The van der Waals surface area contributed by atoms with Gasteiger partial charge in [-0.05, 0) is 40.5 Å². The molecule has 0 bridgehead atoms. The van der Waals surface area contributed by atoms with Crippen molar-refractivity contribution in [2.45, 2.75) is 25.4 Å². The predicted octanol–water partition coefficient (Wildman–Crippen LogP) is 3.42. The fraction of sp³-hybridized carbons (Fsp3) is 0.381. The van der Waals surface area contributed by atoms with Crippen LogP contribution >= 0.6 is 15.9 Å². The lowest BCUT2D eigenvalue weighted by Crippen LogP contribution is -2.36. The van der Waals surface area contributed by atoms with Crippen molar-refractivity contribution in [2.75, 3.05) is 27.5 Å². The summed E-state index contributed by atoms with van der Waals surface area (Å²) in [6, 6.07) is 9.81. The first kappa shape index (κ1) is 19.1. The molecule has 0 fully saturated rings. The highest BCUT2D eigenvalue weighted by atomic mass is 79.9. The normalized spacial score (nSPS) is 17.9. The Balaban J connectivity index is 1.60. The Morgan fingerprint density at radius 2 is 2.04 bits per heavy atom. The van der Waals surface area contributed by atoms with E-state index in [2.05, 4.69) is 26.1 Å². The van der Waals surface area contributed by atoms with Gasteiger partial charge in [-0.2, -0.15) is 0 Å². The number of hydrogen-bond acceptors (Lipinski definition) is 5. The second-order valence-corrected chi connectivity index (χ2v) is 7.81. The van der Waals surface area contributed by atoms with Gasteiger partial charge in [0.25, 0.3) is 0 Å². The Labute approximate surface area is 172 Å². The Hall–Kier alpha value is -2.25. The Morgan fingerprint density at radius 3 is 2.79 bits per heavy atom. The number of halogens is 1. The molecular formula is C21H23BrN2O4. The molecule has 7 heteroatoms. The monoisotopic (exact) mass is 446 g/mol. The molecule has 148 valence electrons. The van der Waals surface area contributed by atoms with Gasteiger partial charge in [0.1, 0.15) is 0 Å². The first-order valence-corrected chi connectivity index (χ1v) is 10.1. The number of rotatable bonds is 5. The van der Waals surface area contributed by atoms with E-state index in [1.807, 2.05) is 37.4 Å². The van der Waals surface area contributed by atoms with Crippen LogP contribution in [0.15, 0.2) is 34.8 Å². The van der Waals surface area contributed by atoms with Gasteiger partial charge >= 0.3 is 0 Å². The first-order valence-electron chi connectivity index (χ1n) is 9.28. The molecule has 28 heavy (non-hydrogen) atoms. The molecule has 2 aliphatic rings. The molecule has 0 saturated heterocycles. The van der Waals surface area contributed by atoms with Gasteiger partial charge in [0, 0.05) is 31.1 Å². The van der Waals surface area contributed by atoms with Gasteiger partial charge in [-0.15, -0.1) is 0 Å². The fourth-order valence-electron chi connectivity index (χ4n) is 3.89. The molecule has 0 aromatic heterocycles. The maximum atomic E-state index is 12.7. The third kappa shape index (κ3) is 3.44. The minimum Gasteiger partial charge on any atom is -0.492 e. The third-order valence-electron chi connectivity index (χ3n) is 5.35. The minimum atomic E-state index is -0.0970. The van der Waals surface area contributed by atoms with Crippen LogP contribution in [0.1, 0.15) is 29.2 Å². The molecule has 0 radical (unpaired) electrons. The highest BCUT2D eigenvalue weighted by Gasteiger charge is 2.37. The average molecular weight is 447 g/mol. The number of nitrogens with zero attached hydrogens (tertiary/aromatic N) is 1. The van der Waals surface area contributed by atoms with Crippen LogP contribution in [0.5, 0.6) is 17.2 Å². The molecule has 2 heterocycles. The number of benzene rings is 2. The zero-order valence-electron chi connectivity index (χ0n) is 16.0. The number of carbonyl (C=O) groups excluding carboxylic acids is 1. The molecule has 0 spiro atoms. The number of fused-ring (bicyclic) bond motifs is 2. The van der Waals surface area contributed by atoms with Gasteiger partial charge in [-0.25, -0.2) is 0 Å². The van der Waals surface area contributed by atoms with E-state index in [1.54, 1.807) is 7.11 Å². The highest BCUT2D eigenvalue weighted by molar-refractivity contribution is 9.10. The second-order valence-electron chi connectivity index (χ2n) is 7.02. The van der Waals surface area contributed by atoms with E-state index in [0.29, 0.717) is 30.2 Å². The fourth-order valence-corrected chi connectivity index (χ4v) is 4.60. The van der Waals surface area contributed by atoms with Crippen LogP contribution in [0.3, 0.4) is 0 Å². The first-order chi connectivity index (χ1) is 13.6. The van der Waals surface area contributed by atoms with Gasteiger partial charge in [0.2, 0.25) is 18.4 Å². The molecule has 0 aliphatic carbocycles. The lowest BCUT2D eigenvalue weighted by Gasteiger charge is -2.36. The van der Waals surface area contributed by atoms with Crippen molar-refractivity contribution in [3.05, 3.63) is 51.5 Å². The lowest BCUT2D eigenvalue weighted by molar-refractivity contribution is -0.122.